The monoisotopic (exact) mass is 230 g/mol. The minimum absolute atomic E-state index is 0.0281. The third-order valence-electron chi connectivity index (χ3n) is 2.57. The quantitative estimate of drug-likeness (QED) is 0.688. The molecule has 0 spiro atoms. The van der Waals surface area contributed by atoms with Crippen molar-refractivity contribution in [1.82, 2.24) is 9.80 Å². The van der Waals surface area contributed by atoms with E-state index in [4.69, 9.17) is 9.84 Å². The third kappa shape index (κ3) is 4.16. The first-order valence-corrected chi connectivity index (χ1v) is 5.34. The first-order chi connectivity index (χ1) is 7.63. The molecule has 1 rings (SSSR count). The minimum Gasteiger partial charge on any atom is -0.480 e. The first-order valence-electron chi connectivity index (χ1n) is 5.34. The van der Waals surface area contributed by atoms with Crippen LogP contribution >= 0.6 is 0 Å². The van der Waals surface area contributed by atoms with Crippen LogP contribution in [-0.4, -0.2) is 73.2 Å². The number of hydrogen-bond acceptors (Lipinski definition) is 4. The Morgan fingerprint density at radius 2 is 2.00 bits per heavy atom. The zero-order chi connectivity index (χ0) is 12.0. The highest BCUT2D eigenvalue weighted by molar-refractivity contribution is 5.77. The van der Waals surface area contributed by atoms with E-state index in [1.807, 2.05) is 4.90 Å². The second-order valence-corrected chi connectivity index (χ2v) is 3.84. The lowest BCUT2D eigenvalue weighted by Crippen LogP contribution is -2.38. The summed E-state index contributed by atoms with van der Waals surface area (Å²) in [6, 6.07) is 0. The largest absolute Gasteiger partial charge is 0.480 e. The van der Waals surface area contributed by atoms with Gasteiger partial charge in [0.15, 0.2) is 0 Å². The molecule has 0 aliphatic carbocycles. The molecular formula is C10H18N2O4. The summed E-state index contributed by atoms with van der Waals surface area (Å²) in [4.78, 5) is 25.7. The fraction of sp³-hybridized carbons (Fsp3) is 0.800. The summed E-state index contributed by atoms with van der Waals surface area (Å²) < 4.78 is 4.79. The van der Waals surface area contributed by atoms with Crippen LogP contribution in [0.3, 0.4) is 0 Å². The number of carboxylic acids is 1. The van der Waals surface area contributed by atoms with Gasteiger partial charge in [-0.25, -0.2) is 0 Å². The van der Waals surface area contributed by atoms with Crippen LogP contribution in [0, 0.1) is 0 Å². The number of hydrogen-bond donors (Lipinski definition) is 1. The number of rotatable bonds is 4. The number of carbonyl (C=O) groups excluding carboxylic acids is 1. The lowest BCUT2D eigenvalue weighted by molar-refractivity contribution is -0.138. The molecule has 6 nitrogen and oxygen atoms in total. The Kier molecular flexibility index (Phi) is 5.21. The first kappa shape index (κ1) is 12.9. The van der Waals surface area contributed by atoms with Gasteiger partial charge >= 0.3 is 5.97 Å². The van der Waals surface area contributed by atoms with Crippen LogP contribution in [-0.2, 0) is 14.3 Å². The van der Waals surface area contributed by atoms with Crippen molar-refractivity contribution in [2.24, 2.45) is 0 Å². The van der Waals surface area contributed by atoms with Gasteiger partial charge < -0.3 is 14.7 Å². The Morgan fingerprint density at radius 3 is 2.62 bits per heavy atom. The van der Waals surface area contributed by atoms with Crippen LogP contribution in [0.5, 0.6) is 0 Å². The van der Waals surface area contributed by atoms with E-state index in [-0.39, 0.29) is 19.1 Å². The number of amides is 1. The van der Waals surface area contributed by atoms with E-state index in [2.05, 4.69) is 0 Å². The molecule has 0 aromatic carbocycles. The van der Waals surface area contributed by atoms with Crippen molar-refractivity contribution in [2.45, 2.75) is 6.42 Å². The van der Waals surface area contributed by atoms with E-state index in [0.29, 0.717) is 19.6 Å². The zero-order valence-electron chi connectivity index (χ0n) is 9.52. The Bertz CT molecular complexity index is 257. The molecular weight excluding hydrogens is 212 g/mol. The predicted molar refractivity (Wildman–Crippen MR) is 57.1 cm³/mol. The fourth-order valence-electron chi connectivity index (χ4n) is 1.78. The SMILES string of the molecule is COCC(=O)N1CCCN(CC(=O)O)CC1. The van der Waals surface area contributed by atoms with E-state index >= 15 is 0 Å². The normalized spacial score (nSPS) is 18.2. The highest BCUT2D eigenvalue weighted by atomic mass is 16.5. The van der Waals surface area contributed by atoms with Gasteiger partial charge in [-0.15, -0.1) is 0 Å². The molecule has 16 heavy (non-hydrogen) atoms. The molecule has 6 heteroatoms. The van der Waals surface area contributed by atoms with E-state index in [1.165, 1.54) is 7.11 Å². The Labute approximate surface area is 94.8 Å². The van der Waals surface area contributed by atoms with Crippen LogP contribution in [0.2, 0.25) is 0 Å². The van der Waals surface area contributed by atoms with Crippen LogP contribution in [0.25, 0.3) is 0 Å². The average molecular weight is 230 g/mol. The third-order valence-corrected chi connectivity index (χ3v) is 2.57. The van der Waals surface area contributed by atoms with E-state index in [1.54, 1.807) is 4.90 Å². The van der Waals surface area contributed by atoms with Crippen molar-refractivity contribution < 1.29 is 19.4 Å². The van der Waals surface area contributed by atoms with Crippen molar-refractivity contribution in [3.63, 3.8) is 0 Å². The van der Waals surface area contributed by atoms with Crippen molar-refractivity contribution in [3.05, 3.63) is 0 Å². The van der Waals surface area contributed by atoms with Gasteiger partial charge in [0.2, 0.25) is 5.91 Å². The van der Waals surface area contributed by atoms with Crippen LogP contribution in [0.1, 0.15) is 6.42 Å². The summed E-state index contributed by atoms with van der Waals surface area (Å²) in [5, 5.41) is 8.67. The van der Waals surface area contributed by atoms with E-state index in [0.717, 1.165) is 13.0 Å². The molecule has 0 aromatic heterocycles. The molecule has 0 atom stereocenters. The number of ether oxygens (including phenoxy) is 1. The smallest absolute Gasteiger partial charge is 0.317 e. The van der Waals surface area contributed by atoms with Gasteiger partial charge in [0.05, 0.1) is 6.54 Å². The molecule has 1 fully saturated rings. The van der Waals surface area contributed by atoms with Crippen molar-refractivity contribution in [1.29, 1.82) is 0 Å². The van der Waals surface area contributed by atoms with Crippen molar-refractivity contribution >= 4 is 11.9 Å². The summed E-state index contributed by atoms with van der Waals surface area (Å²) in [6.45, 7) is 2.74. The van der Waals surface area contributed by atoms with E-state index < -0.39 is 5.97 Å². The summed E-state index contributed by atoms with van der Waals surface area (Å²) >= 11 is 0. The molecule has 1 aliphatic heterocycles. The molecule has 0 saturated carbocycles. The molecule has 92 valence electrons. The van der Waals surface area contributed by atoms with Crippen LogP contribution < -0.4 is 0 Å². The number of nitrogens with zero attached hydrogens (tertiary/aromatic N) is 2. The highest BCUT2D eigenvalue weighted by Crippen LogP contribution is 2.03. The Hall–Kier alpha value is -1.14. The maximum absolute atomic E-state index is 11.5. The number of methoxy groups -OCH3 is 1. The summed E-state index contributed by atoms with van der Waals surface area (Å²) in [7, 11) is 1.49. The van der Waals surface area contributed by atoms with Crippen molar-refractivity contribution in [2.75, 3.05) is 46.4 Å². The summed E-state index contributed by atoms with van der Waals surface area (Å²) in [6.07, 6.45) is 0.808. The lowest BCUT2D eigenvalue weighted by Gasteiger charge is -2.20. The molecule has 0 unspecified atom stereocenters. The molecule has 0 aromatic rings. The molecule has 0 bridgehead atoms. The van der Waals surface area contributed by atoms with Gasteiger partial charge in [0, 0.05) is 33.3 Å². The van der Waals surface area contributed by atoms with Gasteiger partial charge in [0.1, 0.15) is 6.61 Å². The Balaban J connectivity index is 2.39. The predicted octanol–water partition coefficient (Wildman–Crippen LogP) is -0.748. The summed E-state index contributed by atoms with van der Waals surface area (Å²) in [5.41, 5.74) is 0. The van der Waals surface area contributed by atoms with Gasteiger partial charge in [-0.3, -0.25) is 14.5 Å². The second kappa shape index (κ2) is 6.44. The fourth-order valence-corrected chi connectivity index (χ4v) is 1.78. The molecule has 1 N–H and O–H groups in total. The molecule has 1 heterocycles. The topological polar surface area (TPSA) is 70.1 Å². The molecule has 1 saturated heterocycles. The molecule has 1 aliphatic rings. The van der Waals surface area contributed by atoms with Gasteiger partial charge in [-0.2, -0.15) is 0 Å². The average Bonchev–Trinajstić information content (AvgIpc) is 2.43. The molecule has 1 amide bonds. The van der Waals surface area contributed by atoms with Crippen molar-refractivity contribution in [3.8, 4) is 0 Å². The van der Waals surface area contributed by atoms with Crippen LogP contribution in [0.15, 0.2) is 0 Å². The zero-order valence-corrected chi connectivity index (χ0v) is 9.52. The van der Waals surface area contributed by atoms with Crippen LogP contribution in [0.4, 0.5) is 0 Å². The number of carbonyl (C=O) groups is 2. The standard InChI is InChI=1S/C10H18N2O4/c1-16-8-9(13)12-4-2-3-11(5-6-12)7-10(14)15/h2-8H2,1H3,(H,14,15). The van der Waals surface area contributed by atoms with Gasteiger partial charge in [-0.1, -0.05) is 0 Å². The minimum atomic E-state index is -0.823. The summed E-state index contributed by atoms with van der Waals surface area (Å²) in [5.74, 6) is -0.851. The molecule has 0 radical (unpaired) electrons. The lowest BCUT2D eigenvalue weighted by atomic mass is 10.4. The van der Waals surface area contributed by atoms with Gasteiger partial charge in [0.25, 0.3) is 0 Å². The number of aliphatic carboxylic acids is 1. The van der Waals surface area contributed by atoms with Gasteiger partial charge in [-0.05, 0) is 6.42 Å². The Morgan fingerprint density at radius 1 is 1.25 bits per heavy atom. The second-order valence-electron chi connectivity index (χ2n) is 3.84. The number of carboxylic acid groups (broad SMARTS) is 1. The highest BCUT2D eigenvalue weighted by Gasteiger charge is 2.19. The maximum atomic E-state index is 11.5. The van der Waals surface area contributed by atoms with E-state index in [9.17, 15) is 9.59 Å². The maximum Gasteiger partial charge on any atom is 0.317 e.